The van der Waals surface area contributed by atoms with E-state index in [9.17, 15) is 14.7 Å². The molecule has 1 heterocycles. The van der Waals surface area contributed by atoms with Crippen LogP contribution in [0.2, 0.25) is 5.02 Å². The summed E-state index contributed by atoms with van der Waals surface area (Å²) in [4.78, 5) is 26.2. The minimum Gasteiger partial charge on any atom is -0.503 e. The number of ketones is 1. The van der Waals surface area contributed by atoms with Gasteiger partial charge in [0.2, 0.25) is 0 Å². The number of halogens is 1. The van der Waals surface area contributed by atoms with E-state index in [-0.39, 0.29) is 28.2 Å². The molecule has 4 rings (SSSR count). The van der Waals surface area contributed by atoms with Crippen molar-refractivity contribution < 1.29 is 24.2 Å². The number of ether oxygens (including phenoxy) is 2. The third-order valence-electron chi connectivity index (χ3n) is 6.11. The molecule has 1 aliphatic heterocycles. The Bertz CT molecular complexity index is 1150. The lowest BCUT2D eigenvalue weighted by Crippen LogP contribution is -2.36. The molecule has 0 fully saturated rings. The van der Waals surface area contributed by atoms with Gasteiger partial charge in [-0.15, -0.1) is 0 Å². The average molecular weight is 454 g/mol. The fourth-order valence-electron chi connectivity index (χ4n) is 4.63. The minimum absolute atomic E-state index is 0.0426. The van der Waals surface area contributed by atoms with Gasteiger partial charge in [0.1, 0.15) is 0 Å². The van der Waals surface area contributed by atoms with Crippen molar-refractivity contribution in [2.75, 3.05) is 14.2 Å². The molecule has 0 saturated heterocycles. The number of rotatable bonds is 4. The van der Waals surface area contributed by atoms with E-state index in [4.69, 9.17) is 21.1 Å². The number of carbonyl (C=O) groups excluding carboxylic acids is 2. The van der Waals surface area contributed by atoms with Crippen molar-refractivity contribution in [3.8, 4) is 11.5 Å². The molecule has 0 bridgehead atoms. The van der Waals surface area contributed by atoms with Gasteiger partial charge in [-0.2, -0.15) is 0 Å². The Hall–Kier alpha value is -3.25. The van der Waals surface area contributed by atoms with Crippen LogP contribution in [0.15, 0.2) is 65.0 Å². The number of benzene rings is 2. The van der Waals surface area contributed by atoms with Crippen LogP contribution in [0.25, 0.3) is 0 Å². The van der Waals surface area contributed by atoms with E-state index in [0.29, 0.717) is 35.2 Å². The van der Waals surface area contributed by atoms with Crippen LogP contribution in [0.1, 0.15) is 42.7 Å². The molecule has 0 aromatic heterocycles. The highest BCUT2D eigenvalue weighted by molar-refractivity contribution is 6.32. The predicted molar refractivity (Wildman–Crippen MR) is 121 cm³/mol. The number of hydrogen-bond donors (Lipinski definition) is 2. The van der Waals surface area contributed by atoms with Crippen LogP contribution >= 0.6 is 11.6 Å². The maximum Gasteiger partial charge on any atom is 0.336 e. The second-order valence-corrected chi connectivity index (χ2v) is 8.38. The summed E-state index contributed by atoms with van der Waals surface area (Å²) in [6, 6.07) is 13.1. The number of phenolic OH excluding ortho intramolecular Hbond substituents is 1. The van der Waals surface area contributed by atoms with Crippen molar-refractivity contribution in [3.63, 3.8) is 0 Å². The molecule has 2 aromatic rings. The number of nitrogens with one attached hydrogen (secondary N) is 1. The van der Waals surface area contributed by atoms with Gasteiger partial charge in [0.25, 0.3) is 0 Å². The van der Waals surface area contributed by atoms with E-state index in [2.05, 4.69) is 5.32 Å². The van der Waals surface area contributed by atoms with Gasteiger partial charge in [-0.3, -0.25) is 4.79 Å². The predicted octanol–water partition coefficient (Wildman–Crippen LogP) is 4.59. The van der Waals surface area contributed by atoms with E-state index < -0.39 is 11.9 Å². The quantitative estimate of drug-likeness (QED) is 0.659. The van der Waals surface area contributed by atoms with E-state index in [0.717, 1.165) is 11.3 Å². The Morgan fingerprint density at radius 2 is 1.84 bits per heavy atom. The van der Waals surface area contributed by atoms with Crippen LogP contribution in [0.4, 0.5) is 0 Å². The molecular weight excluding hydrogens is 430 g/mol. The molecule has 0 amide bonds. The normalized spacial score (nSPS) is 20.6. The molecule has 0 saturated carbocycles. The standard InChI is InChI=1S/C25H24ClNO5/c1-13-21(25(30)32-3)22(16-9-17(26)24(29)20(12-16)31-2)23-18(27-13)10-15(11-19(23)28)14-7-5-4-6-8-14/h4-9,12,15,22,27,29H,10-11H2,1-3H3/t15-,22+/m0/s1. The smallest absolute Gasteiger partial charge is 0.336 e. The van der Waals surface area contributed by atoms with Crippen LogP contribution in [0.5, 0.6) is 11.5 Å². The molecule has 6 nitrogen and oxygen atoms in total. The van der Waals surface area contributed by atoms with Crippen LogP contribution in [0.3, 0.4) is 0 Å². The molecule has 166 valence electrons. The molecule has 0 radical (unpaired) electrons. The summed E-state index contributed by atoms with van der Waals surface area (Å²) in [5.41, 5.74) is 3.93. The monoisotopic (exact) mass is 453 g/mol. The van der Waals surface area contributed by atoms with Crippen LogP contribution < -0.4 is 10.1 Å². The van der Waals surface area contributed by atoms with Crippen LogP contribution in [-0.4, -0.2) is 31.1 Å². The summed E-state index contributed by atoms with van der Waals surface area (Å²) >= 11 is 6.25. The van der Waals surface area contributed by atoms with Crippen LogP contribution in [-0.2, 0) is 14.3 Å². The third kappa shape index (κ3) is 3.75. The Morgan fingerprint density at radius 3 is 2.50 bits per heavy atom. The molecule has 2 N–H and O–H groups in total. The number of phenols is 1. The van der Waals surface area contributed by atoms with Gasteiger partial charge in [0, 0.05) is 29.3 Å². The zero-order chi connectivity index (χ0) is 23.0. The Kier molecular flexibility index (Phi) is 5.98. The number of allylic oxidation sites excluding steroid dienone is 3. The summed E-state index contributed by atoms with van der Waals surface area (Å²) in [7, 11) is 2.73. The number of hydrogen-bond acceptors (Lipinski definition) is 6. The molecule has 1 aliphatic carbocycles. The topological polar surface area (TPSA) is 84.9 Å². The van der Waals surface area contributed by atoms with E-state index in [1.54, 1.807) is 19.1 Å². The summed E-state index contributed by atoms with van der Waals surface area (Å²) in [5, 5.41) is 13.6. The lowest BCUT2D eigenvalue weighted by molar-refractivity contribution is -0.136. The summed E-state index contributed by atoms with van der Waals surface area (Å²) in [5.74, 6) is -1.25. The zero-order valence-corrected chi connectivity index (χ0v) is 18.8. The Morgan fingerprint density at radius 1 is 1.12 bits per heavy atom. The van der Waals surface area contributed by atoms with Gasteiger partial charge in [0.05, 0.1) is 24.8 Å². The van der Waals surface area contributed by atoms with Crippen molar-refractivity contribution in [1.29, 1.82) is 0 Å². The lowest BCUT2D eigenvalue weighted by Gasteiger charge is -2.36. The highest BCUT2D eigenvalue weighted by Crippen LogP contribution is 2.48. The number of aromatic hydroxyl groups is 1. The molecule has 0 unspecified atom stereocenters. The maximum absolute atomic E-state index is 13.5. The highest BCUT2D eigenvalue weighted by atomic mass is 35.5. The van der Waals surface area contributed by atoms with Gasteiger partial charge in [-0.25, -0.2) is 4.79 Å². The molecule has 0 spiro atoms. The molecule has 2 aromatic carbocycles. The largest absolute Gasteiger partial charge is 0.503 e. The first-order chi connectivity index (χ1) is 15.3. The maximum atomic E-state index is 13.5. The van der Waals surface area contributed by atoms with Crippen molar-refractivity contribution in [2.24, 2.45) is 0 Å². The number of esters is 1. The number of dihydropyridines is 1. The van der Waals surface area contributed by atoms with E-state index >= 15 is 0 Å². The molecular formula is C25H24ClNO5. The number of Topliss-reactive ketones (excluding diaryl/α,β-unsaturated/α-hetero) is 1. The second-order valence-electron chi connectivity index (χ2n) is 7.97. The fraction of sp³-hybridized carbons (Fsp3) is 0.280. The second kappa shape index (κ2) is 8.71. The highest BCUT2D eigenvalue weighted by Gasteiger charge is 2.41. The van der Waals surface area contributed by atoms with Gasteiger partial charge >= 0.3 is 5.97 Å². The Labute approximate surface area is 191 Å². The zero-order valence-electron chi connectivity index (χ0n) is 18.1. The third-order valence-corrected chi connectivity index (χ3v) is 6.40. The van der Waals surface area contributed by atoms with Crippen molar-refractivity contribution in [3.05, 3.63) is 81.2 Å². The average Bonchev–Trinajstić information content (AvgIpc) is 2.79. The van der Waals surface area contributed by atoms with Gasteiger partial charge in [-0.05, 0) is 42.5 Å². The molecule has 32 heavy (non-hydrogen) atoms. The summed E-state index contributed by atoms with van der Waals surface area (Å²) in [6.07, 6.45) is 0.966. The van der Waals surface area contributed by atoms with Gasteiger partial charge < -0.3 is 19.9 Å². The lowest BCUT2D eigenvalue weighted by atomic mass is 9.71. The van der Waals surface area contributed by atoms with Crippen molar-refractivity contribution in [2.45, 2.75) is 31.6 Å². The first kappa shape index (κ1) is 22.0. The SMILES string of the molecule is COC(=O)C1=C(C)NC2=C(C(=O)C[C@@H](c3ccccc3)C2)[C@@H]1c1cc(Cl)c(O)c(OC)c1. The fourth-order valence-corrected chi connectivity index (χ4v) is 4.85. The van der Waals surface area contributed by atoms with E-state index in [1.165, 1.54) is 14.2 Å². The summed E-state index contributed by atoms with van der Waals surface area (Å²) < 4.78 is 10.3. The molecule has 7 heteroatoms. The van der Waals surface area contributed by atoms with Crippen molar-refractivity contribution in [1.82, 2.24) is 5.32 Å². The van der Waals surface area contributed by atoms with Gasteiger partial charge in [-0.1, -0.05) is 41.9 Å². The van der Waals surface area contributed by atoms with Crippen LogP contribution in [0, 0.1) is 0 Å². The number of methoxy groups -OCH3 is 2. The first-order valence-corrected chi connectivity index (χ1v) is 10.7. The summed E-state index contributed by atoms with van der Waals surface area (Å²) in [6.45, 7) is 1.79. The van der Waals surface area contributed by atoms with Gasteiger partial charge in [0.15, 0.2) is 17.3 Å². The van der Waals surface area contributed by atoms with Crippen molar-refractivity contribution >= 4 is 23.4 Å². The Balaban J connectivity index is 1.87. The number of carbonyl (C=O) groups is 2. The van der Waals surface area contributed by atoms with E-state index in [1.807, 2.05) is 30.3 Å². The molecule has 2 aliphatic rings. The minimum atomic E-state index is -0.685. The first-order valence-electron chi connectivity index (χ1n) is 10.3. The molecule has 2 atom stereocenters.